The van der Waals surface area contributed by atoms with Crippen molar-refractivity contribution in [1.29, 1.82) is 0 Å². The number of likely N-dealkylation sites (tertiary alicyclic amines) is 1. The van der Waals surface area contributed by atoms with Gasteiger partial charge in [0.25, 0.3) is 11.6 Å². The van der Waals surface area contributed by atoms with Gasteiger partial charge in [-0.15, -0.1) is 0 Å². The molecule has 0 aromatic heterocycles. The Labute approximate surface area is 122 Å². The highest BCUT2D eigenvalue weighted by Gasteiger charge is 2.28. The summed E-state index contributed by atoms with van der Waals surface area (Å²) in [5.41, 5.74) is -0.466. The van der Waals surface area contributed by atoms with Crippen molar-refractivity contribution in [3.05, 3.63) is 39.7 Å². The van der Waals surface area contributed by atoms with E-state index in [9.17, 15) is 19.3 Å². The maximum Gasteiger partial charge on any atom is 0.270 e. The molecule has 1 aromatic carbocycles. The van der Waals surface area contributed by atoms with E-state index in [2.05, 4.69) is 0 Å². The summed E-state index contributed by atoms with van der Waals surface area (Å²) in [5, 5.41) is 10.8. The lowest BCUT2D eigenvalue weighted by Crippen LogP contribution is -2.40. The highest BCUT2D eigenvalue weighted by atomic mass is 19.1. The van der Waals surface area contributed by atoms with Gasteiger partial charge < -0.3 is 4.90 Å². The summed E-state index contributed by atoms with van der Waals surface area (Å²) < 4.78 is 13.9. The standard InChI is InChI=1S/C15H19FN2O3/c1-2-11-6-4-3-5-9-17(11)15(19)13-10-12(18(20)21)7-8-14(13)16/h7-8,10-11H,2-6,9H2,1H3. The Morgan fingerprint density at radius 2 is 2.19 bits per heavy atom. The second-order valence-electron chi connectivity index (χ2n) is 5.33. The van der Waals surface area contributed by atoms with Crippen molar-refractivity contribution in [2.24, 2.45) is 0 Å². The molecule has 0 bridgehead atoms. The molecular formula is C15H19FN2O3. The van der Waals surface area contributed by atoms with Crippen molar-refractivity contribution < 1.29 is 14.1 Å². The van der Waals surface area contributed by atoms with E-state index >= 15 is 0 Å². The van der Waals surface area contributed by atoms with Crippen LogP contribution in [0.3, 0.4) is 0 Å². The van der Waals surface area contributed by atoms with Gasteiger partial charge in [0.1, 0.15) is 5.82 Å². The molecule has 0 N–H and O–H groups in total. The first-order valence-corrected chi connectivity index (χ1v) is 7.29. The van der Waals surface area contributed by atoms with Crippen LogP contribution in [0.25, 0.3) is 0 Å². The largest absolute Gasteiger partial charge is 0.336 e. The molecule has 0 radical (unpaired) electrons. The van der Waals surface area contributed by atoms with E-state index in [-0.39, 0.29) is 17.3 Å². The van der Waals surface area contributed by atoms with Crippen LogP contribution in [0.2, 0.25) is 0 Å². The van der Waals surface area contributed by atoms with Gasteiger partial charge >= 0.3 is 0 Å². The number of amides is 1. The van der Waals surface area contributed by atoms with Gasteiger partial charge in [-0.2, -0.15) is 0 Å². The Morgan fingerprint density at radius 3 is 2.86 bits per heavy atom. The van der Waals surface area contributed by atoms with Crippen molar-refractivity contribution >= 4 is 11.6 Å². The molecule has 1 aliphatic rings. The number of rotatable bonds is 3. The summed E-state index contributed by atoms with van der Waals surface area (Å²) in [4.78, 5) is 24.4. The van der Waals surface area contributed by atoms with E-state index < -0.39 is 16.6 Å². The van der Waals surface area contributed by atoms with Crippen molar-refractivity contribution in [2.45, 2.75) is 45.1 Å². The Morgan fingerprint density at radius 1 is 1.43 bits per heavy atom. The Kier molecular flexibility index (Phi) is 4.88. The highest BCUT2D eigenvalue weighted by molar-refractivity contribution is 5.95. The van der Waals surface area contributed by atoms with Gasteiger partial charge in [-0.25, -0.2) is 4.39 Å². The van der Waals surface area contributed by atoms with Crippen LogP contribution in [0.15, 0.2) is 18.2 Å². The Balaban J connectivity index is 2.33. The van der Waals surface area contributed by atoms with Crippen LogP contribution >= 0.6 is 0 Å². The number of carbonyl (C=O) groups is 1. The average molecular weight is 294 g/mol. The normalized spacial score (nSPS) is 19.1. The highest BCUT2D eigenvalue weighted by Crippen LogP contribution is 2.24. The molecule has 1 aliphatic heterocycles. The molecule has 1 atom stereocenters. The molecule has 1 saturated heterocycles. The van der Waals surface area contributed by atoms with Gasteiger partial charge in [0.15, 0.2) is 0 Å². The molecule has 21 heavy (non-hydrogen) atoms. The summed E-state index contributed by atoms with van der Waals surface area (Å²) in [5.74, 6) is -1.14. The van der Waals surface area contributed by atoms with Crippen molar-refractivity contribution in [1.82, 2.24) is 4.90 Å². The van der Waals surface area contributed by atoms with Gasteiger partial charge in [-0.3, -0.25) is 14.9 Å². The monoisotopic (exact) mass is 294 g/mol. The predicted octanol–water partition coefficient (Wildman–Crippen LogP) is 3.53. The summed E-state index contributed by atoms with van der Waals surface area (Å²) in [6, 6.07) is 3.18. The molecule has 6 heteroatoms. The number of non-ortho nitro benzene ring substituents is 1. The first-order valence-electron chi connectivity index (χ1n) is 7.29. The number of halogens is 1. The predicted molar refractivity (Wildman–Crippen MR) is 76.6 cm³/mol. The molecule has 0 spiro atoms. The maximum absolute atomic E-state index is 13.9. The molecule has 1 unspecified atom stereocenters. The molecule has 2 rings (SSSR count). The summed E-state index contributed by atoms with van der Waals surface area (Å²) in [7, 11) is 0. The summed E-state index contributed by atoms with van der Waals surface area (Å²) >= 11 is 0. The molecule has 5 nitrogen and oxygen atoms in total. The lowest BCUT2D eigenvalue weighted by atomic mass is 10.1. The van der Waals surface area contributed by atoms with E-state index in [4.69, 9.17) is 0 Å². The lowest BCUT2D eigenvalue weighted by Gasteiger charge is -2.29. The molecule has 0 aliphatic carbocycles. The third kappa shape index (κ3) is 3.37. The minimum atomic E-state index is -0.704. The number of nitro benzene ring substituents is 1. The fraction of sp³-hybridized carbons (Fsp3) is 0.533. The second kappa shape index (κ2) is 6.65. The van der Waals surface area contributed by atoms with Crippen LogP contribution in [-0.2, 0) is 0 Å². The zero-order valence-corrected chi connectivity index (χ0v) is 12.0. The number of nitro groups is 1. The lowest BCUT2D eigenvalue weighted by molar-refractivity contribution is -0.384. The number of benzene rings is 1. The van der Waals surface area contributed by atoms with E-state index in [1.165, 1.54) is 0 Å². The number of hydrogen-bond donors (Lipinski definition) is 0. The molecular weight excluding hydrogens is 275 g/mol. The van der Waals surface area contributed by atoms with Gasteiger partial charge in [-0.1, -0.05) is 19.8 Å². The zero-order valence-electron chi connectivity index (χ0n) is 12.0. The van der Waals surface area contributed by atoms with E-state index in [0.29, 0.717) is 6.54 Å². The van der Waals surface area contributed by atoms with Crippen LogP contribution < -0.4 is 0 Å². The average Bonchev–Trinajstić information content (AvgIpc) is 2.71. The minimum absolute atomic E-state index is 0.0821. The Hall–Kier alpha value is -1.98. The first-order chi connectivity index (χ1) is 10.0. The van der Waals surface area contributed by atoms with Gasteiger partial charge in [0.05, 0.1) is 10.5 Å². The van der Waals surface area contributed by atoms with Crippen LogP contribution in [0.4, 0.5) is 10.1 Å². The van der Waals surface area contributed by atoms with Crippen LogP contribution in [0, 0.1) is 15.9 Å². The van der Waals surface area contributed by atoms with E-state index in [1.54, 1.807) is 4.90 Å². The molecule has 1 aromatic rings. The fourth-order valence-electron chi connectivity index (χ4n) is 2.81. The molecule has 0 saturated carbocycles. The third-order valence-corrected chi connectivity index (χ3v) is 4.00. The number of hydrogen-bond acceptors (Lipinski definition) is 3. The first kappa shape index (κ1) is 15.4. The number of nitrogens with zero attached hydrogens (tertiary/aromatic N) is 2. The molecule has 1 heterocycles. The van der Waals surface area contributed by atoms with Crippen LogP contribution in [0.1, 0.15) is 49.4 Å². The smallest absolute Gasteiger partial charge is 0.270 e. The van der Waals surface area contributed by atoms with Gasteiger partial charge in [0, 0.05) is 24.7 Å². The zero-order chi connectivity index (χ0) is 15.4. The quantitative estimate of drug-likeness (QED) is 0.633. The van der Waals surface area contributed by atoms with Crippen LogP contribution in [-0.4, -0.2) is 28.3 Å². The minimum Gasteiger partial charge on any atom is -0.336 e. The fourth-order valence-corrected chi connectivity index (χ4v) is 2.81. The topological polar surface area (TPSA) is 63.5 Å². The van der Waals surface area contributed by atoms with Gasteiger partial charge in [-0.05, 0) is 25.3 Å². The Bertz CT molecular complexity index is 548. The molecule has 1 amide bonds. The van der Waals surface area contributed by atoms with Gasteiger partial charge in [0.2, 0.25) is 0 Å². The third-order valence-electron chi connectivity index (χ3n) is 4.00. The summed E-state index contributed by atoms with van der Waals surface area (Å²) in [6.45, 7) is 2.58. The SMILES string of the molecule is CCC1CCCCCN1C(=O)c1cc([N+](=O)[O-])ccc1F. The summed E-state index contributed by atoms with van der Waals surface area (Å²) in [6.07, 6.45) is 4.71. The number of carbonyl (C=O) groups excluding carboxylic acids is 1. The van der Waals surface area contributed by atoms with Crippen molar-refractivity contribution in [3.8, 4) is 0 Å². The van der Waals surface area contributed by atoms with E-state index in [0.717, 1.165) is 50.3 Å². The van der Waals surface area contributed by atoms with Crippen molar-refractivity contribution in [3.63, 3.8) is 0 Å². The molecule has 1 fully saturated rings. The molecule has 114 valence electrons. The second-order valence-corrected chi connectivity index (χ2v) is 5.33. The van der Waals surface area contributed by atoms with Crippen molar-refractivity contribution in [2.75, 3.05) is 6.54 Å². The van der Waals surface area contributed by atoms with Crippen LogP contribution in [0.5, 0.6) is 0 Å². The maximum atomic E-state index is 13.9. The van der Waals surface area contributed by atoms with E-state index in [1.807, 2.05) is 6.92 Å².